The molecule has 1 aromatic carbocycles. The molecule has 0 spiro atoms. The number of para-hydroxylation sites is 1. The first-order chi connectivity index (χ1) is 11.3. The monoisotopic (exact) mass is 334 g/mol. The average molecular weight is 334 g/mol. The second-order valence-corrected chi connectivity index (χ2v) is 6.83. The second kappa shape index (κ2) is 9.96. The Hall–Kier alpha value is -2.04. The van der Waals surface area contributed by atoms with E-state index in [2.05, 4.69) is 19.2 Å². The fraction of sp³-hybridized carbons (Fsp3) is 0.579. The summed E-state index contributed by atoms with van der Waals surface area (Å²) in [5, 5.41) is 2.80. The minimum atomic E-state index is -0.533. The molecule has 5 heteroatoms. The molecule has 134 valence electrons. The quantitative estimate of drug-likeness (QED) is 0.755. The van der Waals surface area contributed by atoms with Crippen molar-refractivity contribution in [2.24, 2.45) is 11.8 Å². The molecule has 0 bridgehead atoms. The van der Waals surface area contributed by atoms with Crippen LogP contribution >= 0.6 is 0 Å². The second-order valence-electron chi connectivity index (χ2n) is 6.83. The van der Waals surface area contributed by atoms with E-state index < -0.39 is 6.04 Å². The molecule has 1 rings (SSSR count). The maximum absolute atomic E-state index is 12.6. The molecule has 1 N–H and O–H groups in total. The van der Waals surface area contributed by atoms with Crippen LogP contribution in [0.4, 0.5) is 0 Å². The van der Waals surface area contributed by atoms with E-state index in [0.29, 0.717) is 18.2 Å². The fourth-order valence-corrected chi connectivity index (χ4v) is 2.19. The predicted octanol–water partition coefficient (Wildman–Crippen LogP) is 2.71. The van der Waals surface area contributed by atoms with Gasteiger partial charge in [0.05, 0.1) is 0 Å². The van der Waals surface area contributed by atoms with Gasteiger partial charge in [-0.15, -0.1) is 0 Å². The van der Waals surface area contributed by atoms with Gasteiger partial charge in [0, 0.05) is 13.6 Å². The summed E-state index contributed by atoms with van der Waals surface area (Å²) < 4.78 is 5.43. The first kappa shape index (κ1) is 20.0. The molecule has 1 atom stereocenters. The van der Waals surface area contributed by atoms with Crippen LogP contribution < -0.4 is 10.1 Å². The summed E-state index contributed by atoms with van der Waals surface area (Å²) in [6, 6.07) is 8.62. The van der Waals surface area contributed by atoms with Crippen molar-refractivity contribution in [3.63, 3.8) is 0 Å². The van der Waals surface area contributed by atoms with Crippen LogP contribution in [0.3, 0.4) is 0 Å². The number of carbonyl (C=O) groups is 2. The third-order valence-electron chi connectivity index (χ3n) is 3.78. The Labute approximate surface area is 145 Å². The molecule has 0 heterocycles. The third-order valence-corrected chi connectivity index (χ3v) is 3.78. The number of benzene rings is 1. The van der Waals surface area contributed by atoms with Gasteiger partial charge in [0.15, 0.2) is 6.61 Å². The number of hydrogen-bond donors (Lipinski definition) is 1. The molecule has 1 unspecified atom stereocenters. The van der Waals surface area contributed by atoms with Gasteiger partial charge in [0.25, 0.3) is 5.91 Å². The summed E-state index contributed by atoms with van der Waals surface area (Å²) in [6.07, 6.45) is 0.943. The number of likely N-dealkylation sites (N-methyl/N-ethyl adjacent to an activating group) is 1. The zero-order valence-corrected chi connectivity index (χ0v) is 15.4. The van der Waals surface area contributed by atoms with Crippen LogP contribution in [0.2, 0.25) is 0 Å². The molecular weight excluding hydrogens is 304 g/mol. The first-order valence-corrected chi connectivity index (χ1v) is 8.53. The van der Waals surface area contributed by atoms with Crippen LogP contribution in [-0.4, -0.2) is 43.0 Å². The number of rotatable bonds is 9. The van der Waals surface area contributed by atoms with E-state index in [1.807, 2.05) is 32.0 Å². The van der Waals surface area contributed by atoms with Crippen LogP contribution in [0.25, 0.3) is 0 Å². The lowest BCUT2D eigenvalue weighted by molar-refractivity contribution is -0.137. The van der Waals surface area contributed by atoms with Crippen molar-refractivity contribution in [3.8, 4) is 5.75 Å². The number of nitrogens with zero attached hydrogens (tertiary/aromatic N) is 1. The highest BCUT2D eigenvalue weighted by molar-refractivity contribution is 5.88. The van der Waals surface area contributed by atoms with Gasteiger partial charge in [-0.05, 0) is 30.4 Å². The van der Waals surface area contributed by atoms with Gasteiger partial charge in [-0.1, -0.05) is 45.9 Å². The molecule has 0 saturated heterocycles. The number of carbonyl (C=O) groups excluding carboxylic acids is 2. The average Bonchev–Trinajstić information content (AvgIpc) is 2.55. The molecule has 5 nitrogen and oxygen atoms in total. The Morgan fingerprint density at radius 3 is 2.29 bits per heavy atom. The Balaban J connectivity index is 2.55. The van der Waals surface area contributed by atoms with Gasteiger partial charge in [-0.2, -0.15) is 0 Å². The standard InChI is InChI=1S/C19H30N2O3/c1-14(2)11-12-21(5)19(23)18(15(3)4)20-17(22)13-24-16-9-7-6-8-10-16/h6-10,14-15,18H,11-13H2,1-5H3,(H,20,22). The topological polar surface area (TPSA) is 58.6 Å². The third kappa shape index (κ3) is 7.02. The first-order valence-electron chi connectivity index (χ1n) is 8.53. The van der Waals surface area contributed by atoms with Crippen LogP contribution in [0.5, 0.6) is 5.75 Å². The van der Waals surface area contributed by atoms with E-state index in [-0.39, 0.29) is 24.3 Å². The van der Waals surface area contributed by atoms with Gasteiger partial charge in [0.2, 0.25) is 5.91 Å². The summed E-state index contributed by atoms with van der Waals surface area (Å²) >= 11 is 0. The minimum absolute atomic E-state index is 0.0136. The van der Waals surface area contributed by atoms with Crippen molar-refractivity contribution in [1.82, 2.24) is 10.2 Å². The number of hydrogen-bond acceptors (Lipinski definition) is 3. The summed E-state index contributed by atoms with van der Waals surface area (Å²) in [4.78, 5) is 26.4. The van der Waals surface area contributed by atoms with E-state index in [0.717, 1.165) is 6.42 Å². The lowest BCUT2D eigenvalue weighted by Gasteiger charge is -2.27. The molecule has 0 aromatic heterocycles. The summed E-state index contributed by atoms with van der Waals surface area (Å²) in [5.41, 5.74) is 0. The van der Waals surface area contributed by atoms with Crippen LogP contribution in [0.15, 0.2) is 30.3 Å². The lowest BCUT2D eigenvalue weighted by atomic mass is 10.0. The maximum atomic E-state index is 12.6. The van der Waals surface area contributed by atoms with Crippen LogP contribution in [0, 0.1) is 11.8 Å². The number of nitrogens with one attached hydrogen (secondary N) is 1. The highest BCUT2D eigenvalue weighted by Gasteiger charge is 2.27. The van der Waals surface area contributed by atoms with Crippen molar-refractivity contribution < 1.29 is 14.3 Å². The predicted molar refractivity (Wildman–Crippen MR) is 95.8 cm³/mol. The Bertz CT molecular complexity index is 515. The molecule has 0 fully saturated rings. The molecule has 2 amide bonds. The number of ether oxygens (including phenoxy) is 1. The molecule has 1 aromatic rings. The Kier molecular flexibility index (Phi) is 8.30. The minimum Gasteiger partial charge on any atom is -0.484 e. The van der Waals surface area contributed by atoms with Crippen LogP contribution in [-0.2, 0) is 9.59 Å². The van der Waals surface area contributed by atoms with Crippen LogP contribution in [0.1, 0.15) is 34.1 Å². The van der Waals surface area contributed by atoms with Gasteiger partial charge in [-0.25, -0.2) is 0 Å². The molecule has 0 aliphatic heterocycles. The molecular formula is C19H30N2O3. The van der Waals surface area contributed by atoms with Gasteiger partial charge in [-0.3, -0.25) is 9.59 Å². The van der Waals surface area contributed by atoms with Gasteiger partial charge < -0.3 is 15.0 Å². The van der Waals surface area contributed by atoms with Gasteiger partial charge >= 0.3 is 0 Å². The fourth-order valence-electron chi connectivity index (χ4n) is 2.19. The summed E-state index contributed by atoms with van der Waals surface area (Å²) in [6.45, 7) is 8.70. The van der Waals surface area contributed by atoms with E-state index in [1.165, 1.54) is 0 Å². The van der Waals surface area contributed by atoms with Crippen molar-refractivity contribution in [2.75, 3.05) is 20.2 Å². The molecule has 24 heavy (non-hydrogen) atoms. The summed E-state index contributed by atoms with van der Waals surface area (Å²) in [5.74, 6) is 0.835. The van der Waals surface area contributed by atoms with E-state index in [1.54, 1.807) is 24.1 Å². The van der Waals surface area contributed by atoms with E-state index >= 15 is 0 Å². The summed E-state index contributed by atoms with van der Waals surface area (Å²) in [7, 11) is 1.78. The molecule has 0 saturated carbocycles. The SMILES string of the molecule is CC(C)CCN(C)C(=O)C(NC(=O)COc1ccccc1)C(C)C. The van der Waals surface area contributed by atoms with E-state index in [9.17, 15) is 9.59 Å². The zero-order valence-electron chi connectivity index (χ0n) is 15.4. The molecule has 0 aliphatic rings. The lowest BCUT2D eigenvalue weighted by Crippen LogP contribution is -2.51. The van der Waals surface area contributed by atoms with Crippen molar-refractivity contribution in [1.29, 1.82) is 0 Å². The maximum Gasteiger partial charge on any atom is 0.258 e. The highest BCUT2D eigenvalue weighted by atomic mass is 16.5. The Morgan fingerprint density at radius 1 is 1.12 bits per heavy atom. The normalized spacial score (nSPS) is 12.1. The Morgan fingerprint density at radius 2 is 1.75 bits per heavy atom. The van der Waals surface area contributed by atoms with Gasteiger partial charge in [0.1, 0.15) is 11.8 Å². The van der Waals surface area contributed by atoms with Crippen molar-refractivity contribution in [2.45, 2.75) is 40.2 Å². The van der Waals surface area contributed by atoms with E-state index in [4.69, 9.17) is 4.74 Å². The zero-order chi connectivity index (χ0) is 18.1. The van der Waals surface area contributed by atoms with Crippen molar-refractivity contribution in [3.05, 3.63) is 30.3 Å². The smallest absolute Gasteiger partial charge is 0.258 e. The molecule has 0 radical (unpaired) electrons. The highest BCUT2D eigenvalue weighted by Crippen LogP contribution is 2.10. The van der Waals surface area contributed by atoms with Crippen molar-refractivity contribution >= 4 is 11.8 Å². The largest absolute Gasteiger partial charge is 0.484 e. The number of amides is 2. The molecule has 0 aliphatic carbocycles.